The summed E-state index contributed by atoms with van der Waals surface area (Å²) in [5, 5.41) is 6.49. The molecule has 0 spiro atoms. The molecule has 3 N–H and O–H groups in total. The second-order valence-electron chi connectivity index (χ2n) is 10.6. The van der Waals surface area contributed by atoms with Crippen molar-refractivity contribution in [3.05, 3.63) is 36.0 Å². The van der Waals surface area contributed by atoms with Gasteiger partial charge in [-0.3, -0.25) is 19.2 Å². The van der Waals surface area contributed by atoms with Gasteiger partial charge in [0, 0.05) is 23.5 Å². The molecule has 5 rings (SSSR count). The lowest BCUT2D eigenvalue weighted by Crippen LogP contribution is -2.55. The molecule has 2 heterocycles. The Labute approximate surface area is 198 Å². The number of carbonyl (C=O) groups excluding carboxylic acids is 4. The maximum absolute atomic E-state index is 13.5. The highest BCUT2D eigenvalue weighted by molar-refractivity contribution is 6.38. The lowest BCUT2D eigenvalue weighted by Gasteiger charge is -2.31. The average Bonchev–Trinajstić information content (AvgIpc) is 3.56. The van der Waals surface area contributed by atoms with Gasteiger partial charge < -0.3 is 20.5 Å². The minimum Gasteiger partial charge on any atom is -0.351 e. The lowest BCUT2D eigenvalue weighted by molar-refractivity contribution is -0.140. The van der Waals surface area contributed by atoms with E-state index in [1.165, 1.54) is 0 Å². The third-order valence-electron chi connectivity index (χ3n) is 7.85. The van der Waals surface area contributed by atoms with Gasteiger partial charge in [-0.15, -0.1) is 0 Å². The Hall–Kier alpha value is -3.16. The Morgan fingerprint density at radius 2 is 1.91 bits per heavy atom. The van der Waals surface area contributed by atoms with Gasteiger partial charge in [0.05, 0.1) is 6.04 Å². The Morgan fingerprint density at radius 1 is 1.18 bits per heavy atom. The number of hydrogen-bond acceptors (Lipinski definition) is 4. The first-order valence-corrected chi connectivity index (χ1v) is 12.3. The number of ketones is 1. The summed E-state index contributed by atoms with van der Waals surface area (Å²) < 4.78 is 0. The number of likely N-dealkylation sites (tertiary alicyclic amines) is 1. The van der Waals surface area contributed by atoms with Crippen LogP contribution in [0.25, 0.3) is 10.9 Å². The van der Waals surface area contributed by atoms with Gasteiger partial charge in [-0.25, -0.2) is 0 Å². The molecule has 180 valence electrons. The second kappa shape index (κ2) is 8.25. The van der Waals surface area contributed by atoms with Crippen LogP contribution >= 0.6 is 0 Å². The molecule has 4 atom stereocenters. The number of amides is 3. The number of para-hydroxylation sites is 1. The number of Topliss-reactive ketones (excluding diaryl/α,β-unsaturated/α-hetero) is 1. The van der Waals surface area contributed by atoms with Crippen LogP contribution in [0.3, 0.4) is 0 Å². The summed E-state index contributed by atoms with van der Waals surface area (Å²) in [6.07, 6.45) is 2.79. The van der Waals surface area contributed by atoms with Gasteiger partial charge in [0.1, 0.15) is 11.7 Å². The fourth-order valence-corrected chi connectivity index (χ4v) is 5.60. The molecule has 3 fully saturated rings. The number of hydrogen-bond donors (Lipinski definition) is 3. The standard InChI is InChI=1S/C26H32N4O4/c1-4-7-18(22(31)24(33)27-15-10-11-15)29-23(32)21-20-16(26(20,2)3)13-30(21)25(34)19-12-14-8-5-6-9-17(14)28-19/h5-6,8-9,12,15-16,18,20-21,28H,4,7,10-11,13H2,1-3H3,(H,27,33)(H,29,32)/t16-,18-,20-,21-/m0/s1. The molecule has 0 bridgehead atoms. The van der Waals surface area contributed by atoms with Crippen LogP contribution < -0.4 is 10.6 Å². The summed E-state index contributed by atoms with van der Waals surface area (Å²) in [5.74, 6) is -1.56. The van der Waals surface area contributed by atoms with Gasteiger partial charge in [-0.2, -0.15) is 0 Å². The van der Waals surface area contributed by atoms with E-state index in [2.05, 4.69) is 29.5 Å². The van der Waals surface area contributed by atoms with Crippen molar-refractivity contribution in [1.29, 1.82) is 0 Å². The largest absolute Gasteiger partial charge is 0.351 e. The summed E-state index contributed by atoms with van der Waals surface area (Å²) in [6.45, 7) is 6.64. The zero-order chi connectivity index (χ0) is 24.2. The van der Waals surface area contributed by atoms with E-state index in [4.69, 9.17) is 0 Å². The molecule has 2 aromatic rings. The summed E-state index contributed by atoms with van der Waals surface area (Å²) in [4.78, 5) is 57.0. The van der Waals surface area contributed by atoms with Crippen LogP contribution in [0.2, 0.25) is 0 Å². The summed E-state index contributed by atoms with van der Waals surface area (Å²) >= 11 is 0. The molecule has 1 aromatic carbocycles. The van der Waals surface area contributed by atoms with Crippen LogP contribution in [-0.2, 0) is 14.4 Å². The molecule has 8 heteroatoms. The number of benzene rings is 1. The summed E-state index contributed by atoms with van der Waals surface area (Å²) in [5.41, 5.74) is 1.27. The van der Waals surface area contributed by atoms with Crippen LogP contribution in [0, 0.1) is 17.3 Å². The van der Waals surface area contributed by atoms with Crippen molar-refractivity contribution in [3.63, 3.8) is 0 Å². The molecule has 34 heavy (non-hydrogen) atoms. The molecule has 2 aliphatic carbocycles. The van der Waals surface area contributed by atoms with E-state index in [0.29, 0.717) is 25.1 Å². The number of aromatic amines is 1. The van der Waals surface area contributed by atoms with Crippen LogP contribution in [0.5, 0.6) is 0 Å². The van der Waals surface area contributed by atoms with E-state index in [-0.39, 0.29) is 35.1 Å². The van der Waals surface area contributed by atoms with Crippen LogP contribution in [0.15, 0.2) is 30.3 Å². The maximum atomic E-state index is 13.5. The fourth-order valence-electron chi connectivity index (χ4n) is 5.60. The molecular formula is C26H32N4O4. The Balaban J connectivity index is 1.36. The van der Waals surface area contributed by atoms with E-state index < -0.39 is 23.8 Å². The van der Waals surface area contributed by atoms with Gasteiger partial charge in [-0.1, -0.05) is 45.4 Å². The minimum atomic E-state index is -0.887. The quantitative estimate of drug-likeness (QED) is 0.521. The molecular weight excluding hydrogens is 432 g/mol. The predicted octanol–water partition coefficient (Wildman–Crippen LogP) is 2.40. The SMILES string of the molecule is CCC[C@H](NC(=O)[C@@H]1[C@@H]2[C@H](CN1C(=O)c1cc3ccccc3[nH]1)C2(C)C)C(=O)C(=O)NC1CC1. The van der Waals surface area contributed by atoms with Crippen molar-refractivity contribution < 1.29 is 19.2 Å². The number of fused-ring (bicyclic) bond motifs is 2. The highest BCUT2D eigenvalue weighted by atomic mass is 16.2. The molecule has 1 aliphatic heterocycles. The van der Waals surface area contributed by atoms with Crippen LogP contribution in [0.4, 0.5) is 0 Å². The summed E-state index contributed by atoms with van der Waals surface area (Å²) in [6, 6.07) is 7.99. The van der Waals surface area contributed by atoms with Crippen LogP contribution in [-0.4, -0.2) is 58.1 Å². The van der Waals surface area contributed by atoms with Crippen molar-refractivity contribution in [2.75, 3.05) is 6.54 Å². The van der Waals surface area contributed by atoms with Crippen molar-refractivity contribution in [2.45, 2.75) is 64.6 Å². The molecule has 0 radical (unpaired) electrons. The predicted molar refractivity (Wildman–Crippen MR) is 127 cm³/mol. The third kappa shape index (κ3) is 3.89. The smallest absolute Gasteiger partial charge is 0.289 e. The first-order valence-electron chi connectivity index (χ1n) is 12.3. The second-order valence-corrected chi connectivity index (χ2v) is 10.6. The minimum absolute atomic E-state index is 0.0264. The van der Waals surface area contributed by atoms with Gasteiger partial charge in [0.2, 0.25) is 11.7 Å². The molecule has 3 amide bonds. The first kappa shape index (κ1) is 22.6. The Kier molecular flexibility index (Phi) is 5.49. The number of piperidine rings is 1. The first-order chi connectivity index (χ1) is 16.2. The third-order valence-corrected chi connectivity index (χ3v) is 7.85. The highest BCUT2D eigenvalue weighted by Gasteiger charge is 2.69. The van der Waals surface area contributed by atoms with Crippen molar-refractivity contribution in [3.8, 4) is 0 Å². The van der Waals surface area contributed by atoms with Crippen molar-refractivity contribution >= 4 is 34.4 Å². The van der Waals surface area contributed by atoms with Crippen LogP contribution in [0.1, 0.15) is 56.9 Å². The van der Waals surface area contributed by atoms with E-state index in [0.717, 1.165) is 23.7 Å². The lowest BCUT2D eigenvalue weighted by atomic mass is 9.99. The normalized spacial score (nSPS) is 25.5. The van der Waals surface area contributed by atoms with Gasteiger partial charge >= 0.3 is 0 Å². The molecule has 3 aliphatic rings. The maximum Gasteiger partial charge on any atom is 0.289 e. The Morgan fingerprint density at radius 3 is 2.59 bits per heavy atom. The number of nitrogens with zero attached hydrogens (tertiary/aromatic N) is 1. The van der Waals surface area contributed by atoms with Crippen molar-refractivity contribution in [1.82, 2.24) is 20.5 Å². The Bertz CT molecular complexity index is 1130. The summed E-state index contributed by atoms with van der Waals surface area (Å²) in [7, 11) is 0. The molecule has 1 aromatic heterocycles. The molecule has 1 saturated heterocycles. The molecule has 0 unspecified atom stereocenters. The van der Waals surface area contributed by atoms with Gasteiger partial charge in [0.15, 0.2) is 0 Å². The zero-order valence-corrected chi connectivity index (χ0v) is 19.9. The topological polar surface area (TPSA) is 111 Å². The number of nitrogens with one attached hydrogen (secondary N) is 3. The molecule has 2 saturated carbocycles. The number of H-pyrrole nitrogens is 1. The monoisotopic (exact) mass is 464 g/mol. The number of carbonyl (C=O) groups is 4. The van der Waals surface area contributed by atoms with Crippen molar-refractivity contribution in [2.24, 2.45) is 17.3 Å². The number of rotatable bonds is 8. The van der Waals surface area contributed by atoms with Gasteiger partial charge in [0.25, 0.3) is 11.8 Å². The van der Waals surface area contributed by atoms with E-state index >= 15 is 0 Å². The van der Waals surface area contributed by atoms with E-state index in [9.17, 15) is 19.2 Å². The van der Waals surface area contributed by atoms with E-state index in [1.807, 2.05) is 37.3 Å². The highest BCUT2D eigenvalue weighted by Crippen LogP contribution is 2.65. The van der Waals surface area contributed by atoms with Gasteiger partial charge in [-0.05, 0) is 48.6 Å². The average molecular weight is 465 g/mol. The molecule has 8 nitrogen and oxygen atoms in total. The fraction of sp³-hybridized carbons (Fsp3) is 0.538. The zero-order valence-electron chi connectivity index (χ0n) is 19.9. The van der Waals surface area contributed by atoms with E-state index in [1.54, 1.807) is 4.90 Å². The number of aromatic nitrogens is 1.